The summed E-state index contributed by atoms with van der Waals surface area (Å²) < 4.78 is 1.57. The van der Waals surface area contributed by atoms with E-state index in [0.29, 0.717) is 5.82 Å². The summed E-state index contributed by atoms with van der Waals surface area (Å²) in [5.74, 6) is 0.934. The molecule has 3 aromatic heterocycles. The van der Waals surface area contributed by atoms with Crippen LogP contribution in [0.4, 0.5) is 0 Å². The summed E-state index contributed by atoms with van der Waals surface area (Å²) >= 11 is 3.32. The minimum absolute atomic E-state index is 0.122. The van der Waals surface area contributed by atoms with E-state index in [0.717, 1.165) is 22.9 Å². The van der Waals surface area contributed by atoms with Crippen LogP contribution in [0.2, 0.25) is 0 Å². The number of aromatic hydroxyl groups is 1. The lowest BCUT2D eigenvalue weighted by molar-refractivity contribution is 0.279. The molecule has 0 spiro atoms. The van der Waals surface area contributed by atoms with Crippen molar-refractivity contribution in [2.45, 2.75) is 32.7 Å². The van der Waals surface area contributed by atoms with Crippen molar-refractivity contribution in [3.63, 3.8) is 0 Å². The fourth-order valence-corrected chi connectivity index (χ4v) is 5.43. The molecule has 0 unspecified atom stereocenters. The van der Waals surface area contributed by atoms with Gasteiger partial charge >= 0.3 is 0 Å². The van der Waals surface area contributed by atoms with E-state index in [2.05, 4.69) is 33.4 Å². The van der Waals surface area contributed by atoms with Crippen LogP contribution in [0.5, 0.6) is 5.88 Å². The first-order valence-electron chi connectivity index (χ1n) is 7.48. The monoisotopic (exact) mass is 334 g/mol. The highest BCUT2D eigenvalue weighted by atomic mass is 32.1. The third kappa shape index (κ3) is 2.15. The van der Waals surface area contributed by atoms with Gasteiger partial charge in [-0.15, -0.1) is 16.4 Å². The lowest BCUT2D eigenvalue weighted by Gasteiger charge is -2.26. The van der Waals surface area contributed by atoms with Crippen molar-refractivity contribution in [3.8, 4) is 5.88 Å². The van der Waals surface area contributed by atoms with Crippen molar-refractivity contribution in [2.75, 3.05) is 13.1 Å². The van der Waals surface area contributed by atoms with E-state index >= 15 is 0 Å². The molecule has 1 N–H and O–H groups in total. The average molecular weight is 334 g/mol. The molecule has 0 amide bonds. The molecule has 0 saturated carbocycles. The number of thiazole rings is 1. The number of hydrogen-bond donors (Lipinski definition) is 1. The van der Waals surface area contributed by atoms with Crippen LogP contribution < -0.4 is 0 Å². The van der Waals surface area contributed by atoms with Crippen LogP contribution in [0.3, 0.4) is 0 Å². The van der Waals surface area contributed by atoms with Gasteiger partial charge in [0.05, 0.1) is 10.9 Å². The summed E-state index contributed by atoms with van der Waals surface area (Å²) in [5, 5.41) is 17.1. The quantitative estimate of drug-likeness (QED) is 0.798. The van der Waals surface area contributed by atoms with Gasteiger partial charge in [0.25, 0.3) is 0 Å². The van der Waals surface area contributed by atoms with Gasteiger partial charge in [-0.1, -0.05) is 11.3 Å². The Hall–Kier alpha value is -1.44. The van der Waals surface area contributed by atoms with Gasteiger partial charge in [-0.2, -0.15) is 4.52 Å². The second-order valence-corrected chi connectivity index (χ2v) is 7.71. The maximum atomic E-state index is 10.7. The van der Waals surface area contributed by atoms with Gasteiger partial charge in [0, 0.05) is 4.88 Å². The number of fused-ring (bicyclic) bond motifs is 1. The minimum atomic E-state index is 0.122. The van der Waals surface area contributed by atoms with E-state index in [1.54, 1.807) is 27.2 Å². The van der Waals surface area contributed by atoms with E-state index < -0.39 is 0 Å². The Bertz CT molecular complexity index is 813. The molecular weight excluding hydrogens is 316 g/mol. The molecule has 7 heteroatoms. The zero-order chi connectivity index (χ0) is 15.3. The molecule has 1 fully saturated rings. The minimum Gasteiger partial charge on any atom is -0.492 e. The fourth-order valence-electron chi connectivity index (χ4n) is 3.14. The van der Waals surface area contributed by atoms with E-state index in [1.807, 2.05) is 6.92 Å². The smallest absolute Gasteiger partial charge is 0.230 e. The Labute approximate surface area is 136 Å². The SMILES string of the molecule is Cc1nc2sc([C@H](c3sccc3C)N3CCCC3)c(O)n2n1. The molecule has 4 rings (SSSR count). The highest BCUT2D eigenvalue weighted by Gasteiger charge is 2.32. The lowest BCUT2D eigenvalue weighted by Crippen LogP contribution is -2.25. The first kappa shape index (κ1) is 14.2. The standard InChI is InChI=1S/C15H18N4OS2/c1-9-5-8-21-12(9)11(18-6-3-4-7-18)13-14(20)19-15(22-13)16-10(2)17-19/h5,8,11,20H,3-4,6-7H2,1-2H3/t11-/m0/s1. The lowest BCUT2D eigenvalue weighted by atomic mass is 10.1. The largest absolute Gasteiger partial charge is 0.492 e. The van der Waals surface area contributed by atoms with Crippen LogP contribution in [0.25, 0.3) is 4.96 Å². The Morgan fingerprint density at radius 3 is 2.64 bits per heavy atom. The van der Waals surface area contributed by atoms with Gasteiger partial charge < -0.3 is 5.11 Å². The number of aromatic nitrogens is 3. The molecule has 1 saturated heterocycles. The van der Waals surface area contributed by atoms with Gasteiger partial charge in [0.2, 0.25) is 10.8 Å². The molecule has 1 aliphatic rings. The number of aryl methyl sites for hydroxylation is 2. The summed E-state index contributed by atoms with van der Waals surface area (Å²) in [5.41, 5.74) is 1.29. The number of rotatable bonds is 3. The van der Waals surface area contributed by atoms with E-state index in [4.69, 9.17) is 0 Å². The Balaban J connectivity index is 1.86. The Kier molecular flexibility index (Phi) is 3.43. The predicted molar refractivity (Wildman–Crippen MR) is 89.0 cm³/mol. The molecule has 4 heterocycles. The number of thiophene rings is 1. The van der Waals surface area contributed by atoms with Crippen molar-refractivity contribution in [1.29, 1.82) is 0 Å². The van der Waals surface area contributed by atoms with Crippen molar-refractivity contribution in [3.05, 3.63) is 32.6 Å². The number of likely N-dealkylation sites (tertiary alicyclic amines) is 1. The molecule has 5 nitrogen and oxygen atoms in total. The first-order chi connectivity index (χ1) is 10.6. The maximum Gasteiger partial charge on any atom is 0.230 e. The van der Waals surface area contributed by atoms with Crippen molar-refractivity contribution >= 4 is 27.6 Å². The second kappa shape index (κ2) is 5.33. The molecule has 0 bridgehead atoms. The van der Waals surface area contributed by atoms with Gasteiger partial charge in [0.1, 0.15) is 5.82 Å². The molecule has 0 radical (unpaired) electrons. The van der Waals surface area contributed by atoms with Crippen LogP contribution in [-0.4, -0.2) is 37.7 Å². The number of hydrogen-bond acceptors (Lipinski definition) is 6. The summed E-state index contributed by atoms with van der Waals surface area (Å²) in [6.07, 6.45) is 2.45. The summed E-state index contributed by atoms with van der Waals surface area (Å²) in [6.45, 7) is 6.15. The molecule has 3 aromatic rings. The zero-order valence-electron chi connectivity index (χ0n) is 12.6. The molecule has 0 aromatic carbocycles. The fraction of sp³-hybridized carbons (Fsp3) is 0.467. The zero-order valence-corrected chi connectivity index (χ0v) is 14.2. The van der Waals surface area contributed by atoms with E-state index in [-0.39, 0.29) is 11.9 Å². The van der Waals surface area contributed by atoms with Gasteiger partial charge in [-0.05, 0) is 56.8 Å². The molecule has 22 heavy (non-hydrogen) atoms. The Morgan fingerprint density at radius 2 is 2.00 bits per heavy atom. The maximum absolute atomic E-state index is 10.7. The van der Waals surface area contributed by atoms with Crippen LogP contribution >= 0.6 is 22.7 Å². The third-order valence-electron chi connectivity index (χ3n) is 4.21. The van der Waals surface area contributed by atoms with Gasteiger partial charge in [0.15, 0.2) is 0 Å². The normalized spacial score (nSPS) is 17.5. The third-order valence-corrected chi connectivity index (χ3v) is 6.35. The second-order valence-electron chi connectivity index (χ2n) is 5.76. The highest BCUT2D eigenvalue weighted by molar-refractivity contribution is 7.17. The average Bonchev–Trinajstić information content (AvgIpc) is 3.23. The molecule has 0 aliphatic carbocycles. The van der Waals surface area contributed by atoms with E-state index in [9.17, 15) is 5.11 Å². The summed E-state index contributed by atoms with van der Waals surface area (Å²) in [7, 11) is 0. The Morgan fingerprint density at radius 1 is 1.23 bits per heavy atom. The van der Waals surface area contributed by atoms with Gasteiger partial charge in [-0.25, -0.2) is 4.98 Å². The van der Waals surface area contributed by atoms with Gasteiger partial charge in [-0.3, -0.25) is 4.90 Å². The van der Waals surface area contributed by atoms with Crippen LogP contribution in [0.15, 0.2) is 11.4 Å². The molecule has 1 aliphatic heterocycles. The topological polar surface area (TPSA) is 53.7 Å². The number of nitrogens with zero attached hydrogens (tertiary/aromatic N) is 4. The van der Waals surface area contributed by atoms with Crippen LogP contribution in [0, 0.1) is 13.8 Å². The van der Waals surface area contributed by atoms with E-state index in [1.165, 1.54) is 23.3 Å². The molecule has 1 atom stereocenters. The molecular formula is C15H18N4OS2. The van der Waals surface area contributed by atoms with Crippen molar-refractivity contribution in [1.82, 2.24) is 19.5 Å². The highest BCUT2D eigenvalue weighted by Crippen LogP contribution is 2.43. The van der Waals surface area contributed by atoms with Crippen LogP contribution in [0.1, 0.15) is 40.0 Å². The van der Waals surface area contributed by atoms with Crippen molar-refractivity contribution < 1.29 is 5.11 Å². The first-order valence-corrected chi connectivity index (χ1v) is 9.18. The molecule has 116 valence electrons. The predicted octanol–water partition coefficient (Wildman–Crippen LogP) is 3.36. The van der Waals surface area contributed by atoms with Crippen LogP contribution in [-0.2, 0) is 0 Å². The van der Waals surface area contributed by atoms with Crippen molar-refractivity contribution in [2.24, 2.45) is 0 Å². The summed E-state index contributed by atoms with van der Waals surface area (Å²) in [4.78, 5) is 9.92. The summed E-state index contributed by atoms with van der Waals surface area (Å²) in [6, 6.07) is 2.28.